The predicted octanol–water partition coefficient (Wildman–Crippen LogP) is 10.2. The maximum absolute atomic E-state index is 7.26. The summed E-state index contributed by atoms with van der Waals surface area (Å²) in [6.45, 7) is -0.0349. The van der Waals surface area contributed by atoms with Crippen LogP contribution in [0.5, 0.6) is 23.0 Å². The molecule has 278 valence electrons. The first kappa shape index (κ1) is 33.8. The zero-order valence-electron chi connectivity index (χ0n) is 32.4. The van der Waals surface area contributed by atoms with Gasteiger partial charge in [-0.05, 0) is 104 Å². The standard InChI is InChI=1S/C54H33B2NO2S/c1-4-16-34(17-5-1)37-28-46-53-49(29-37)59-48-33-51-43(56-41-24-12-15-27-47(41)58-50-30-38(31-52(60-51)54(50)56)35-18-6-2-7-19-35)32-42(48)55(53)40-23-11-14-26-45(40)57(46)44-25-13-10-22-39(44)36-20-8-3-9-21-36/h1-33H. The van der Waals surface area contributed by atoms with E-state index in [-0.39, 0.29) is 13.4 Å². The molecule has 13 rings (SSSR count). The van der Waals surface area contributed by atoms with Crippen LogP contribution < -0.4 is 47.2 Å². The van der Waals surface area contributed by atoms with Gasteiger partial charge in [0, 0.05) is 26.7 Å². The molecule has 0 atom stereocenters. The molecule has 4 aliphatic heterocycles. The minimum Gasteiger partial charge on any atom is -0.458 e. The Labute approximate surface area is 354 Å². The fourth-order valence-electron chi connectivity index (χ4n) is 10.0. The van der Waals surface area contributed by atoms with Crippen LogP contribution in [0.15, 0.2) is 210 Å². The van der Waals surface area contributed by atoms with Crippen molar-refractivity contribution in [3.05, 3.63) is 200 Å². The molecule has 60 heavy (non-hydrogen) atoms. The molecule has 3 nitrogen and oxygen atoms in total. The van der Waals surface area contributed by atoms with Gasteiger partial charge in [0.15, 0.2) is 0 Å². The van der Waals surface area contributed by atoms with Crippen LogP contribution in [0, 0.1) is 0 Å². The van der Waals surface area contributed by atoms with Crippen molar-refractivity contribution in [3.63, 3.8) is 0 Å². The zero-order valence-corrected chi connectivity index (χ0v) is 33.2. The predicted molar refractivity (Wildman–Crippen MR) is 250 cm³/mol. The van der Waals surface area contributed by atoms with E-state index in [1.165, 1.54) is 64.9 Å². The topological polar surface area (TPSA) is 21.7 Å². The van der Waals surface area contributed by atoms with Gasteiger partial charge in [0.2, 0.25) is 0 Å². The molecule has 0 bridgehead atoms. The molecule has 0 radical (unpaired) electrons. The Morgan fingerprint density at radius 3 is 1.65 bits per heavy atom. The van der Waals surface area contributed by atoms with E-state index in [0.717, 1.165) is 51.1 Å². The molecule has 0 unspecified atom stereocenters. The lowest BCUT2D eigenvalue weighted by Gasteiger charge is -2.41. The van der Waals surface area contributed by atoms with E-state index < -0.39 is 0 Å². The van der Waals surface area contributed by atoms with E-state index >= 15 is 0 Å². The third kappa shape index (κ3) is 5.07. The molecule has 6 heteroatoms. The van der Waals surface area contributed by atoms with Crippen LogP contribution in [-0.2, 0) is 0 Å². The van der Waals surface area contributed by atoms with Crippen molar-refractivity contribution in [2.24, 2.45) is 0 Å². The summed E-state index contributed by atoms with van der Waals surface area (Å²) >= 11 is 1.83. The number of rotatable bonds is 4. The van der Waals surface area contributed by atoms with Crippen LogP contribution in [0.25, 0.3) is 33.4 Å². The van der Waals surface area contributed by atoms with Crippen molar-refractivity contribution >= 4 is 75.0 Å². The lowest BCUT2D eigenvalue weighted by molar-refractivity contribution is 0.486. The highest BCUT2D eigenvalue weighted by molar-refractivity contribution is 8.00. The molecule has 0 amide bonds. The van der Waals surface area contributed by atoms with Crippen LogP contribution in [-0.4, -0.2) is 13.4 Å². The van der Waals surface area contributed by atoms with Crippen molar-refractivity contribution in [1.82, 2.24) is 0 Å². The van der Waals surface area contributed by atoms with Crippen molar-refractivity contribution < 1.29 is 9.47 Å². The maximum Gasteiger partial charge on any atom is 0.256 e. The van der Waals surface area contributed by atoms with Gasteiger partial charge >= 0.3 is 0 Å². The third-order valence-corrected chi connectivity index (χ3v) is 13.8. The summed E-state index contributed by atoms with van der Waals surface area (Å²) in [6, 6.07) is 72.4. The second-order valence-electron chi connectivity index (χ2n) is 15.9. The number of hydrogen-bond donors (Lipinski definition) is 0. The number of benzene rings is 9. The maximum atomic E-state index is 7.26. The lowest BCUT2D eigenvalue weighted by atomic mass is 9.31. The summed E-state index contributed by atoms with van der Waals surface area (Å²) in [6.07, 6.45) is 0. The van der Waals surface area contributed by atoms with Gasteiger partial charge in [0.05, 0.1) is 5.69 Å². The summed E-state index contributed by atoms with van der Waals surface area (Å²) < 4.78 is 14.0. The minimum absolute atomic E-state index is 0.0146. The molecular formula is C54H33B2NO2S. The summed E-state index contributed by atoms with van der Waals surface area (Å²) in [5.74, 6) is 3.65. The summed E-state index contributed by atoms with van der Waals surface area (Å²) in [5.41, 5.74) is 17.8. The monoisotopic (exact) mass is 781 g/mol. The van der Waals surface area contributed by atoms with E-state index in [1.807, 2.05) is 11.8 Å². The van der Waals surface area contributed by atoms with Gasteiger partial charge < -0.3 is 14.4 Å². The second kappa shape index (κ2) is 13.2. The Hall–Kier alpha value is -7.14. The van der Waals surface area contributed by atoms with Crippen molar-refractivity contribution in [2.75, 3.05) is 4.90 Å². The molecule has 0 N–H and O–H groups in total. The van der Waals surface area contributed by atoms with Crippen LogP contribution in [0.2, 0.25) is 0 Å². The molecule has 0 aliphatic carbocycles. The minimum atomic E-state index is -0.0494. The fraction of sp³-hybridized carbons (Fsp3) is 0. The largest absolute Gasteiger partial charge is 0.458 e. The molecule has 9 aromatic rings. The van der Waals surface area contributed by atoms with E-state index in [9.17, 15) is 0 Å². The van der Waals surface area contributed by atoms with Crippen LogP contribution >= 0.6 is 11.8 Å². The van der Waals surface area contributed by atoms with Gasteiger partial charge in [-0.1, -0.05) is 169 Å². The molecule has 4 heterocycles. The van der Waals surface area contributed by atoms with E-state index in [1.54, 1.807) is 0 Å². The SMILES string of the molecule is c1ccc(-c2cc3c4c(c2)Sc2cc5c(cc2B4c2ccccc2O3)B2c3ccccc3N(c3ccccc3-c3ccccc3)c3cc(-c4ccccc4)cc(c32)O5)cc1. The van der Waals surface area contributed by atoms with Gasteiger partial charge in [-0.15, -0.1) is 0 Å². The van der Waals surface area contributed by atoms with E-state index in [2.05, 4.69) is 205 Å². The van der Waals surface area contributed by atoms with Gasteiger partial charge in [-0.3, -0.25) is 0 Å². The van der Waals surface area contributed by atoms with Gasteiger partial charge in [0.25, 0.3) is 13.4 Å². The molecule has 4 aliphatic rings. The molecule has 0 fully saturated rings. The Balaban J connectivity index is 1.05. The number of para-hydroxylation sites is 3. The molecule has 0 saturated carbocycles. The van der Waals surface area contributed by atoms with Crippen LogP contribution in [0.1, 0.15) is 0 Å². The smallest absolute Gasteiger partial charge is 0.256 e. The number of ether oxygens (including phenoxy) is 2. The van der Waals surface area contributed by atoms with Crippen molar-refractivity contribution in [3.8, 4) is 56.4 Å². The average Bonchev–Trinajstić information content (AvgIpc) is 3.31. The van der Waals surface area contributed by atoms with E-state index in [4.69, 9.17) is 9.47 Å². The first-order valence-electron chi connectivity index (χ1n) is 20.6. The van der Waals surface area contributed by atoms with Crippen LogP contribution in [0.4, 0.5) is 17.1 Å². The molecule has 9 aromatic carbocycles. The summed E-state index contributed by atoms with van der Waals surface area (Å²) in [4.78, 5) is 4.91. The molecule has 0 saturated heterocycles. The Morgan fingerprint density at radius 1 is 0.333 bits per heavy atom. The highest BCUT2D eigenvalue weighted by atomic mass is 32.2. The Morgan fingerprint density at radius 2 is 0.900 bits per heavy atom. The number of nitrogens with zero attached hydrogens (tertiary/aromatic N) is 1. The van der Waals surface area contributed by atoms with Crippen LogP contribution in [0.3, 0.4) is 0 Å². The normalized spacial score (nSPS) is 13.4. The molecule has 0 aromatic heterocycles. The second-order valence-corrected chi connectivity index (χ2v) is 17.0. The zero-order chi connectivity index (χ0) is 39.3. The molecule has 0 spiro atoms. The average molecular weight is 782 g/mol. The summed E-state index contributed by atoms with van der Waals surface area (Å²) in [7, 11) is 0. The van der Waals surface area contributed by atoms with Crippen molar-refractivity contribution in [1.29, 1.82) is 0 Å². The number of hydrogen-bond acceptors (Lipinski definition) is 4. The highest BCUT2D eigenvalue weighted by Crippen LogP contribution is 2.47. The van der Waals surface area contributed by atoms with Crippen molar-refractivity contribution in [2.45, 2.75) is 9.79 Å². The third-order valence-electron chi connectivity index (χ3n) is 12.6. The summed E-state index contributed by atoms with van der Waals surface area (Å²) in [5, 5.41) is 0. The Bertz CT molecular complexity index is 3210. The van der Waals surface area contributed by atoms with Gasteiger partial charge in [-0.2, -0.15) is 0 Å². The quantitative estimate of drug-likeness (QED) is 0.166. The first-order valence-corrected chi connectivity index (χ1v) is 21.4. The molecular weight excluding hydrogens is 748 g/mol. The number of anilines is 3. The van der Waals surface area contributed by atoms with E-state index in [0.29, 0.717) is 0 Å². The highest BCUT2D eigenvalue weighted by Gasteiger charge is 2.45. The Kier molecular flexibility index (Phi) is 7.43. The first-order chi connectivity index (χ1) is 29.7. The van der Waals surface area contributed by atoms with Gasteiger partial charge in [0.1, 0.15) is 23.0 Å². The lowest BCUT2D eigenvalue weighted by Crippen LogP contribution is -2.62. The number of fused-ring (bicyclic) bond motifs is 8. The van der Waals surface area contributed by atoms with Gasteiger partial charge in [-0.25, -0.2) is 0 Å². The fourth-order valence-corrected chi connectivity index (χ4v) is 11.2.